The van der Waals surface area contributed by atoms with Gasteiger partial charge in [0.1, 0.15) is 11.4 Å². The van der Waals surface area contributed by atoms with Crippen molar-refractivity contribution in [3.63, 3.8) is 0 Å². The van der Waals surface area contributed by atoms with Gasteiger partial charge in [0.05, 0.1) is 17.2 Å². The molecule has 0 aliphatic heterocycles. The van der Waals surface area contributed by atoms with E-state index >= 15 is 0 Å². The van der Waals surface area contributed by atoms with Crippen molar-refractivity contribution in [3.05, 3.63) is 57.8 Å². The van der Waals surface area contributed by atoms with Crippen LogP contribution in [0.1, 0.15) is 16.1 Å². The van der Waals surface area contributed by atoms with Crippen molar-refractivity contribution in [1.29, 1.82) is 0 Å². The number of methoxy groups -OCH3 is 1. The summed E-state index contributed by atoms with van der Waals surface area (Å²) in [6.07, 6.45) is 1.43. The third-order valence-corrected chi connectivity index (χ3v) is 2.91. The van der Waals surface area contributed by atoms with Crippen molar-refractivity contribution < 1.29 is 9.53 Å². The van der Waals surface area contributed by atoms with E-state index in [4.69, 9.17) is 27.9 Å². The Balaban J connectivity index is 2.37. The molecule has 2 aromatic rings. The second-order valence-corrected chi connectivity index (χ2v) is 4.38. The van der Waals surface area contributed by atoms with Gasteiger partial charge in [-0.15, -0.1) is 0 Å². The van der Waals surface area contributed by atoms with Gasteiger partial charge in [0.25, 0.3) is 0 Å². The number of ketones is 1. The van der Waals surface area contributed by atoms with Crippen molar-refractivity contribution in [2.75, 3.05) is 7.11 Å². The highest BCUT2D eigenvalue weighted by Gasteiger charge is 2.12. The van der Waals surface area contributed by atoms with Crippen LogP contribution in [0.3, 0.4) is 0 Å². The standard InChI is InChI=1S/C13H9Cl2NO2/c1-18-12-6-8(2-4-10(12)15)13(17)11-5-3-9(14)7-16-11/h2-7H,1H3. The van der Waals surface area contributed by atoms with Gasteiger partial charge in [0, 0.05) is 11.8 Å². The molecule has 0 aliphatic rings. The highest BCUT2D eigenvalue weighted by Crippen LogP contribution is 2.26. The van der Waals surface area contributed by atoms with Crippen molar-refractivity contribution >= 4 is 29.0 Å². The van der Waals surface area contributed by atoms with E-state index < -0.39 is 0 Å². The summed E-state index contributed by atoms with van der Waals surface area (Å²) in [6.45, 7) is 0. The summed E-state index contributed by atoms with van der Waals surface area (Å²) in [5.74, 6) is 0.248. The number of hydrogen-bond acceptors (Lipinski definition) is 3. The van der Waals surface area contributed by atoms with E-state index in [0.717, 1.165) is 0 Å². The van der Waals surface area contributed by atoms with Gasteiger partial charge in [0.15, 0.2) is 0 Å². The first kappa shape index (κ1) is 12.9. The number of nitrogens with zero attached hydrogens (tertiary/aromatic N) is 1. The first-order valence-corrected chi connectivity index (χ1v) is 5.87. The molecule has 0 amide bonds. The molecule has 0 saturated carbocycles. The Hall–Kier alpha value is -1.58. The first-order chi connectivity index (χ1) is 8.61. The predicted octanol–water partition coefficient (Wildman–Crippen LogP) is 3.63. The first-order valence-electron chi connectivity index (χ1n) is 5.11. The van der Waals surface area contributed by atoms with Gasteiger partial charge in [-0.1, -0.05) is 23.2 Å². The molecule has 3 nitrogen and oxygen atoms in total. The van der Waals surface area contributed by atoms with E-state index in [1.807, 2.05) is 0 Å². The average molecular weight is 282 g/mol. The van der Waals surface area contributed by atoms with Crippen molar-refractivity contribution in [3.8, 4) is 5.75 Å². The molecule has 0 unspecified atom stereocenters. The number of carbonyl (C=O) groups excluding carboxylic acids is 1. The number of pyridine rings is 1. The van der Waals surface area contributed by atoms with Gasteiger partial charge in [0.2, 0.25) is 5.78 Å². The fourth-order valence-corrected chi connectivity index (χ4v) is 1.77. The molecular weight excluding hydrogens is 273 g/mol. The topological polar surface area (TPSA) is 39.2 Å². The molecule has 0 aliphatic carbocycles. The van der Waals surface area contributed by atoms with Gasteiger partial charge in [-0.2, -0.15) is 0 Å². The normalized spacial score (nSPS) is 10.2. The van der Waals surface area contributed by atoms with E-state index in [9.17, 15) is 4.79 Å². The summed E-state index contributed by atoms with van der Waals surface area (Å²) in [6, 6.07) is 8.02. The van der Waals surface area contributed by atoms with Crippen LogP contribution in [-0.4, -0.2) is 17.9 Å². The molecule has 1 aromatic carbocycles. The van der Waals surface area contributed by atoms with Crippen molar-refractivity contribution in [2.45, 2.75) is 0 Å². The molecule has 0 fully saturated rings. The zero-order valence-corrected chi connectivity index (χ0v) is 11.0. The zero-order valence-electron chi connectivity index (χ0n) is 9.48. The molecule has 0 N–H and O–H groups in total. The summed E-state index contributed by atoms with van der Waals surface area (Å²) in [5.41, 5.74) is 0.787. The summed E-state index contributed by atoms with van der Waals surface area (Å²) < 4.78 is 5.07. The maximum atomic E-state index is 12.1. The van der Waals surface area contributed by atoms with Crippen LogP contribution in [0.5, 0.6) is 5.75 Å². The Morgan fingerprint density at radius 2 is 2.00 bits per heavy atom. The van der Waals surface area contributed by atoms with E-state index in [1.165, 1.54) is 13.3 Å². The molecule has 18 heavy (non-hydrogen) atoms. The Labute approximate surface area is 114 Å². The number of rotatable bonds is 3. The van der Waals surface area contributed by atoms with Gasteiger partial charge in [-0.3, -0.25) is 9.78 Å². The summed E-state index contributed by atoms with van der Waals surface area (Å²) in [7, 11) is 1.50. The molecule has 0 spiro atoms. The molecule has 0 saturated heterocycles. The van der Waals surface area contributed by atoms with Gasteiger partial charge in [-0.05, 0) is 30.3 Å². The molecule has 2 rings (SSSR count). The van der Waals surface area contributed by atoms with Crippen LogP contribution in [0.4, 0.5) is 0 Å². The van der Waals surface area contributed by atoms with Gasteiger partial charge in [-0.25, -0.2) is 0 Å². The van der Waals surface area contributed by atoms with Crippen LogP contribution >= 0.6 is 23.2 Å². The predicted molar refractivity (Wildman–Crippen MR) is 70.7 cm³/mol. The van der Waals surface area contributed by atoms with Crippen LogP contribution < -0.4 is 4.74 Å². The maximum absolute atomic E-state index is 12.1. The second kappa shape index (κ2) is 5.38. The number of aromatic nitrogens is 1. The highest BCUT2D eigenvalue weighted by atomic mass is 35.5. The summed E-state index contributed by atoms with van der Waals surface area (Å²) >= 11 is 11.6. The lowest BCUT2D eigenvalue weighted by molar-refractivity contribution is 0.103. The van der Waals surface area contributed by atoms with Crippen molar-refractivity contribution in [2.24, 2.45) is 0 Å². The second-order valence-electron chi connectivity index (χ2n) is 3.54. The maximum Gasteiger partial charge on any atom is 0.211 e. The molecule has 0 atom stereocenters. The monoisotopic (exact) mass is 281 g/mol. The molecule has 92 valence electrons. The SMILES string of the molecule is COc1cc(C(=O)c2ccc(Cl)cn2)ccc1Cl. The number of halogens is 2. The van der Waals surface area contributed by atoms with E-state index in [1.54, 1.807) is 30.3 Å². The van der Waals surface area contributed by atoms with Crippen LogP contribution in [0.2, 0.25) is 10.0 Å². The number of ether oxygens (including phenoxy) is 1. The minimum absolute atomic E-state index is 0.207. The minimum Gasteiger partial charge on any atom is -0.495 e. The number of hydrogen-bond donors (Lipinski definition) is 0. The fourth-order valence-electron chi connectivity index (χ4n) is 1.46. The average Bonchev–Trinajstić information content (AvgIpc) is 2.39. The lowest BCUT2D eigenvalue weighted by Crippen LogP contribution is -2.04. The Morgan fingerprint density at radius 3 is 2.61 bits per heavy atom. The van der Waals surface area contributed by atoms with Gasteiger partial charge < -0.3 is 4.74 Å². The van der Waals surface area contributed by atoms with Crippen LogP contribution in [-0.2, 0) is 0 Å². The molecule has 5 heteroatoms. The Kier molecular flexibility index (Phi) is 3.84. The molecular formula is C13H9Cl2NO2. The van der Waals surface area contributed by atoms with E-state index in [2.05, 4.69) is 4.98 Å². The quantitative estimate of drug-likeness (QED) is 0.807. The van der Waals surface area contributed by atoms with Crippen LogP contribution in [0.15, 0.2) is 36.5 Å². The Bertz CT molecular complexity index is 582. The molecule has 1 aromatic heterocycles. The third kappa shape index (κ3) is 2.63. The largest absolute Gasteiger partial charge is 0.495 e. The van der Waals surface area contributed by atoms with E-state index in [0.29, 0.717) is 27.1 Å². The lowest BCUT2D eigenvalue weighted by Gasteiger charge is -2.05. The lowest BCUT2D eigenvalue weighted by atomic mass is 10.1. The zero-order chi connectivity index (χ0) is 13.1. The van der Waals surface area contributed by atoms with Gasteiger partial charge >= 0.3 is 0 Å². The van der Waals surface area contributed by atoms with Crippen LogP contribution in [0, 0.1) is 0 Å². The minimum atomic E-state index is -0.207. The fraction of sp³-hybridized carbons (Fsp3) is 0.0769. The molecule has 0 radical (unpaired) electrons. The Morgan fingerprint density at radius 1 is 1.22 bits per heavy atom. The third-order valence-electron chi connectivity index (χ3n) is 2.37. The number of benzene rings is 1. The van der Waals surface area contributed by atoms with Crippen molar-refractivity contribution in [1.82, 2.24) is 4.98 Å². The number of carbonyl (C=O) groups is 1. The summed E-state index contributed by atoms with van der Waals surface area (Å²) in [5, 5.41) is 0.943. The van der Waals surface area contributed by atoms with Crippen LogP contribution in [0.25, 0.3) is 0 Å². The summed E-state index contributed by atoms with van der Waals surface area (Å²) in [4.78, 5) is 16.1. The smallest absolute Gasteiger partial charge is 0.211 e. The molecule has 0 bridgehead atoms. The highest BCUT2D eigenvalue weighted by molar-refractivity contribution is 6.32. The molecule has 1 heterocycles. The van der Waals surface area contributed by atoms with E-state index in [-0.39, 0.29) is 5.78 Å².